The quantitative estimate of drug-likeness (QED) is 0.385. The van der Waals surface area contributed by atoms with Gasteiger partial charge in [-0.15, -0.1) is 0 Å². The van der Waals surface area contributed by atoms with E-state index in [-0.39, 0.29) is 17.5 Å². The number of nitrogens with one attached hydrogen (secondary N) is 1. The molecule has 2 aromatic rings. The smallest absolute Gasteiger partial charge is 0.161 e. The first kappa shape index (κ1) is 23.1. The van der Waals surface area contributed by atoms with Gasteiger partial charge in [0, 0.05) is 45.8 Å². The topological polar surface area (TPSA) is 55.4 Å². The van der Waals surface area contributed by atoms with Crippen molar-refractivity contribution in [3.05, 3.63) is 83.5 Å². The normalized spacial score (nSPS) is 18.8. The summed E-state index contributed by atoms with van der Waals surface area (Å²) in [7, 11) is 0. The maximum atomic E-state index is 13.0. The van der Waals surface area contributed by atoms with Crippen LogP contribution in [0.15, 0.2) is 72.4 Å². The highest BCUT2D eigenvalue weighted by Gasteiger charge is 2.40. The van der Waals surface area contributed by atoms with Crippen LogP contribution in [0.2, 0.25) is 0 Å². The van der Waals surface area contributed by atoms with Crippen LogP contribution in [0, 0.1) is 0 Å². The van der Waals surface area contributed by atoms with Crippen molar-refractivity contribution in [3.63, 3.8) is 0 Å². The van der Waals surface area contributed by atoms with Crippen molar-refractivity contribution in [1.29, 1.82) is 0 Å². The fourth-order valence-electron chi connectivity index (χ4n) is 4.94. The van der Waals surface area contributed by atoms with Crippen molar-refractivity contribution >= 4 is 59.4 Å². The predicted octanol–water partition coefficient (Wildman–Crippen LogP) is 7.25. The standard InChI is InChI=1S/C26H22Br3NO3/c27-16-9-7-14(8-10-16)13-33-26-17(28)11-15(12-18(26)29)23-24-19(3-1-5-21(24)31)30-20-4-2-6-22(32)25(20)23/h7-12,23,30H,1-6,13H2. The van der Waals surface area contributed by atoms with Crippen LogP contribution in [-0.2, 0) is 16.2 Å². The number of carbonyl (C=O) groups excluding carboxylic acids is 2. The predicted molar refractivity (Wildman–Crippen MR) is 138 cm³/mol. The molecule has 0 atom stereocenters. The summed E-state index contributed by atoms with van der Waals surface area (Å²) in [4.78, 5) is 26.1. The second kappa shape index (κ2) is 9.51. The van der Waals surface area contributed by atoms with E-state index in [2.05, 4.69) is 53.1 Å². The lowest BCUT2D eigenvalue weighted by Gasteiger charge is -2.37. The monoisotopic (exact) mass is 633 g/mol. The molecule has 0 amide bonds. The molecule has 4 nitrogen and oxygen atoms in total. The van der Waals surface area contributed by atoms with Crippen molar-refractivity contribution in [2.24, 2.45) is 0 Å². The van der Waals surface area contributed by atoms with Gasteiger partial charge in [-0.1, -0.05) is 28.1 Å². The van der Waals surface area contributed by atoms with Gasteiger partial charge in [0.15, 0.2) is 11.6 Å². The summed E-state index contributed by atoms with van der Waals surface area (Å²) in [5.41, 5.74) is 5.50. The molecule has 3 aliphatic rings. The molecular formula is C26H22Br3NO3. The minimum absolute atomic E-state index is 0.140. The lowest BCUT2D eigenvalue weighted by atomic mass is 9.71. The molecule has 0 spiro atoms. The second-order valence-corrected chi connectivity index (χ2v) is 11.2. The number of carbonyl (C=O) groups is 2. The highest BCUT2D eigenvalue weighted by Crippen LogP contribution is 2.47. The summed E-state index contributed by atoms with van der Waals surface area (Å²) in [6.45, 7) is 0.429. The van der Waals surface area contributed by atoms with Gasteiger partial charge in [0.2, 0.25) is 0 Å². The average molecular weight is 636 g/mol. The molecule has 1 N–H and O–H groups in total. The Labute approximate surface area is 218 Å². The Bertz CT molecular complexity index is 1150. The van der Waals surface area contributed by atoms with Gasteiger partial charge in [-0.2, -0.15) is 0 Å². The van der Waals surface area contributed by atoms with E-state index in [9.17, 15) is 9.59 Å². The summed E-state index contributed by atoms with van der Waals surface area (Å²) in [6.07, 6.45) is 4.46. The minimum atomic E-state index is -0.329. The van der Waals surface area contributed by atoms with Crippen molar-refractivity contribution in [2.75, 3.05) is 0 Å². The molecule has 0 unspecified atom stereocenters. The summed E-state index contributed by atoms with van der Waals surface area (Å²) >= 11 is 10.8. The van der Waals surface area contributed by atoms with Crippen LogP contribution in [0.25, 0.3) is 0 Å². The zero-order chi connectivity index (χ0) is 23.1. The molecule has 0 saturated carbocycles. The molecule has 0 radical (unpaired) electrons. The van der Waals surface area contributed by atoms with E-state index in [0.29, 0.717) is 25.2 Å². The van der Waals surface area contributed by atoms with Gasteiger partial charge in [0.25, 0.3) is 0 Å². The number of ketones is 2. The molecule has 2 aliphatic carbocycles. The number of hydrogen-bond donors (Lipinski definition) is 1. The highest BCUT2D eigenvalue weighted by molar-refractivity contribution is 9.11. The van der Waals surface area contributed by atoms with E-state index in [0.717, 1.165) is 72.8 Å². The van der Waals surface area contributed by atoms with E-state index in [1.807, 2.05) is 36.4 Å². The Morgan fingerprint density at radius 1 is 0.818 bits per heavy atom. The Kier molecular flexibility index (Phi) is 6.65. The van der Waals surface area contributed by atoms with Gasteiger partial charge in [-0.05, 0) is 92.9 Å². The second-order valence-electron chi connectivity index (χ2n) is 8.62. The van der Waals surface area contributed by atoms with Crippen molar-refractivity contribution in [2.45, 2.75) is 51.0 Å². The Morgan fingerprint density at radius 2 is 1.36 bits per heavy atom. The average Bonchev–Trinajstić information content (AvgIpc) is 2.79. The maximum Gasteiger partial charge on any atom is 0.161 e. The number of dihydropyridines is 1. The number of benzene rings is 2. The van der Waals surface area contributed by atoms with Crippen molar-refractivity contribution in [3.8, 4) is 5.75 Å². The lowest BCUT2D eigenvalue weighted by molar-refractivity contribution is -0.116. The summed E-state index contributed by atoms with van der Waals surface area (Å²) in [5, 5.41) is 3.47. The van der Waals surface area contributed by atoms with Gasteiger partial charge < -0.3 is 10.1 Å². The van der Waals surface area contributed by atoms with Crippen LogP contribution >= 0.6 is 47.8 Å². The molecule has 1 heterocycles. The van der Waals surface area contributed by atoms with Crippen molar-refractivity contribution in [1.82, 2.24) is 5.32 Å². The Hall–Kier alpha value is -1.70. The third kappa shape index (κ3) is 4.52. The van der Waals surface area contributed by atoms with Crippen LogP contribution in [-0.4, -0.2) is 11.6 Å². The van der Waals surface area contributed by atoms with Crippen LogP contribution in [0.5, 0.6) is 5.75 Å². The number of ether oxygens (including phenoxy) is 1. The number of rotatable bonds is 4. The fraction of sp³-hybridized carbons (Fsp3) is 0.308. The van der Waals surface area contributed by atoms with E-state index in [1.165, 1.54) is 0 Å². The molecule has 5 rings (SSSR count). The number of halogens is 3. The van der Waals surface area contributed by atoms with Gasteiger partial charge in [0.05, 0.1) is 8.95 Å². The molecular weight excluding hydrogens is 614 g/mol. The molecule has 0 bridgehead atoms. The molecule has 0 saturated heterocycles. The third-order valence-corrected chi connectivity index (χ3v) is 8.15. The first-order valence-electron chi connectivity index (χ1n) is 11.1. The zero-order valence-corrected chi connectivity index (χ0v) is 22.6. The van der Waals surface area contributed by atoms with Crippen LogP contribution in [0.1, 0.15) is 55.6 Å². The van der Waals surface area contributed by atoms with E-state index < -0.39 is 0 Å². The van der Waals surface area contributed by atoms with E-state index in [1.54, 1.807) is 0 Å². The number of hydrogen-bond acceptors (Lipinski definition) is 4. The van der Waals surface area contributed by atoms with E-state index >= 15 is 0 Å². The first-order chi connectivity index (χ1) is 15.9. The fourth-order valence-corrected chi connectivity index (χ4v) is 6.65. The number of allylic oxidation sites excluding steroid dienone is 4. The van der Waals surface area contributed by atoms with Gasteiger partial charge >= 0.3 is 0 Å². The number of Topliss-reactive ketones (excluding diaryl/α,β-unsaturated/α-hetero) is 2. The van der Waals surface area contributed by atoms with Gasteiger partial charge in [-0.25, -0.2) is 0 Å². The van der Waals surface area contributed by atoms with Crippen LogP contribution in [0.4, 0.5) is 0 Å². The van der Waals surface area contributed by atoms with Crippen LogP contribution < -0.4 is 10.1 Å². The molecule has 2 aromatic carbocycles. The van der Waals surface area contributed by atoms with E-state index in [4.69, 9.17) is 4.74 Å². The highest BCUT2D eigenvalue weighted by atomic mass is 79.9. The molecule has 0 fully saturated rings. The molecule has 7 heteroatoms. The molecule has 1 aliphatic heterocycles. The van der Waals surface area contributed by atoms with Crippen molar-refractivity contribution < 1.29 is 14.3 Å². The van der Waals surface area contributed by atoms with Crippen LogP contribution in [0.3, 0.4) is 0 Å². The molecule has 170 valence electrons. The third-order valence-electron chi connectivity index (χ3n) is 6.44. The minimum Gasteiger partial charge on any atom is -0.487 e. The largest absolute Gasteiger partial charge is 0.487 e. The van der Waals surface area contributed by atoms with Gasteiger partial charge in [0.1, 0.15) is 12.4 Å². The lowest BCUT2D eigenvalue weighted by Crippen LogP contribution is -2.36. The Balaban J connectivity index is 1.52. The summed E-state index contributed by atoms with van der Waals surface area (Å²) in [5.74, 6) is 0.650. The molecule has 0 aromatic heterocycles. The Morgan fingerprint density at radius 3 is 1.91 bits per heavy atom. The molecule has 33 heavy (non-hydrogen) atoms. The SMILES string of the molecule is O=C1CCCC2=C1C(c1cc(Br)c(OCc3ccc(Br)cc3)c(Br)c1)C1=C(CCCC1=O)N2. The summed E-state index contributed by atoms with van der Waals surface area (Å²) in [6, 6.07) is 12.0. The summed E-state index contributed by atoms with van der Waals surface area (Å²) < 4.78 is 8.72. The van der Waals surface area contributed by atoms with Gasteiger partial charge in [-0.3, -0.25) is 9.59 Å². The first-order valence-corrected chi connectivity index (χ1v) is 13.5. The zero-order valence-electron chi connectivity index (χ0n) is 17.8. The maximum absolute atomic E-state index is 13.0.